The molecule has 0 radical (unpaired) electrons. The number of ether oxygens (including phenoxy) is 1. The van der Waals surface area contributed by atoms with E-state index in [2.05, 4.69) is 6.07 Å². The summed E-state index contributed by atoms with van der Waals surface area (Å²) in [6.07, 6.45) is 0.398. The molecule has 6 nitrogen and oxygen atoms in total. The summed E-state index contributed by atoms with van der Waals surface area (Å²) in [5.74, 6) is -1.69. The fraction of sp³-hybridized carbons (Fsp3) is 0.318. The normalized spacial score (nSPS) is 13.4. The van der Waals surface area contributed by atoms with Crippen molar-refractivity contribution in [2.24, 2.45) is 0 Å². The van der Waals surface area contributed by atoms with Crippen LogP contribution in [0.1, 0.15) is 42.9 Å². The first-order chi connectivity index (χ1) is 13.5. The van der Waals surface area contributed by atoms with Gasteiger partial charge in [0, 0.05) is 23.1 Å². The summed E-state index contributed by atoms with van der Waals surface area (Å²) in [5, 5.41) is 10.7. The Morgan fingerprint density at radius 1 is 1.29 bits per heavy atom. The van der Waals surface area contributed by atoms with Crippen molar-refractivity contribution < 1.29 is 14.6 Å². The van der Waals surface area contributed by atoms with Crippen LogP contribution in [0.3, 0.4) is 0 Å². The van der Waals surface area contributed by atoms with Crippen LogP contribution in [0, 0.1) is 0 Å². The summed E-state index contributed by atoms with van der Waals surface area (Å²) < 4.78 is 7.18. The van der Waals surface area contributed by atoms with E-state index in [0.29, 0.717) is 36.4 Å². The zero-order chi connectivity index (χ0) is 19.8. The highest BCUT2D eigenvalue weighted by atomic mass is 16.5. The van der Waals surface area contributed by atoms with Gasteiger partial charge < -0.3 is 14.4 Å². The number of benzene rings is 1. The monoisotopic (exact) mass is 378 g/mol. The van der Waals surface area contributed by atoms with E-state index in [1.54, 1.807) is 4.57 Å². The van der Waals surface area contributed by atoms with E-state index in [9.17, 15) is 14.7 Å². The van der Waals surface area contributed by atoms with E-state index in [4.69, 9.17) is 9.72 Å². The molecule has 3 aromatic rings. The third-order valence-electron chi connectivity index (χ3n) is 5.34. The van der Waals surface area contributed by atoms with Crippen molar-refractivity contribution in [1.29, 1.82) is 0 Å². The highest BCUT2D eigenvalue weighted by Crippen LogP contribution is 2.34. The van der Waals surface area contributed by atoms with Crippen molar-refractivity contribution in [1.82, 2.24) is 9.55 Å². The predicted octanol–water partition coefficient (Wildman–Crippen LogP) is 3.54. The number of fused-ring (bicyclic) bond motifs is 4. The summed E-state index contributed by atoms with van der Waals surface area (Å²) in [6, 6.07) is 11.7. The highest BCUT2D eigenvalue weighted by Gasteiger charge is 2.29. The Hall–Kier alpha value is -2.99. The van der Waals surface area contributed by atoms with Crippen LogP contribution in [0.2, 0.25) is 0 Å². The maximum Gasteiger partial charge on any atom is 0.310 e. The van der Waals surface area contributed by atoms with Crippen molar-refractivity contribution in [3.05, 3.63) is 63.4 Å². The number of nitrogens with zero attached hydrogens (tertiary/aromatic N) is 2. The molecule has 2 aromatic heterocycles. The minimum atomic E-state index is -0.936. The number of pyridine rings is 2. The number of carboxylic acid groups (broad SMARTS) is 1. The molecule has 4 rings (SSSR count). The summed E-state index contributed by atoms with van der Waals surface area (Å²) in [4.78, 5) is 29.8. The van der Waals surface area contributed by atoms with Crippen molar-refractivity contribution in [2.75, 3.05) is 6.61 Å². The maximum atomic E-state index is 13.3. The number of aromatic nitrogens is 2. The summed E-state index contributed by atoms with van der Waals surface area (Å²) in [7, 11) is 0. The van der Waals surface area contributed by atoms with E-state index in [-0.39, 0.29) is 12.2 Å². The van der Waals surface area contributed by atoms with Crippen LogP contribution in [-0.4, -0.2) is 27.2 Å². The molecule has 0 fully saturated rings. The van der Waals surface area contributed by atoms with Gasteiger partial charge in [0.15, 0.2) is 0 Å². The molecule has 1 unspecified atom stereocenters. The molecule has 28 heavy (non-hydrogen) atoms. The number of carbonyl (C=O) groups is 1. The number of hydrogen-bond acceptors (Lipinski definition) is 4. The van der Waals surface area contributed by atoms with Gasteiger partial charge in [-0.3, -0.25) is 9.59 Å². The molecule has 1 aliphatic heterocycles. The molecule has 0 amide bonds. The fourth-order valence-corrected chi connectivity index (χ4v) is 3.92. The van der Waals surface area contributed by atoms with Gasteiger partial charge in [0.25, 0.3) is 5.56 Å². The number of rotatable bonds is 6. The molecular formula is C22H22N2O4. The number of aliphatic carboxylic acids is 1. The summed E-state index contributed by atoms with van der Waals surface area (Å²) >= 11 is 0. The lowest BCUT2D eigenvalue weighted by atomic mass is 9.92. The minimum Gasteiger partial charge on any atom is -0.481 e. The first kappa shape index (κ1) is 18.4. The Bertz CT molecular complexity index is 1130. The molecule has 6 heteroatoms. The highest BCUT2D eigenvalue weighted by molar-refractivity contribution is 5.84. The lowest BCUT2D eigenvalue weighted by molar-refractivity contribution is -0.138. The first-order valence-electron chi connectivity index (χ1n) is 9.51. The number of para-hydroxylation sites is 1. The van der Waals surface area contributed by atoms with E-state index in [1.807, 2.05) is 44.2 Å². The number of carboxylic acids is 1. The molecule has 144 valence electrons. The van der Waals surface area contributed by atoms with Crippen molar-refractivity contribution in [2.45, 2.75) is 39.3 Å². The smallest absolute Gasteiger partial charge is 0.310 e. The third-order valence-corrected chi connectivity index (χ3v) is 5.34. The van der Waals surface area contributed by atoms with E-state index in [1.165, 1.54) is 0 Å². The van der Waals surface area contributed by atoms with Crippen LogP contribution < -0.4 is 5.56 Å². The molecule has 0 bridgehead atoms. The second kappa shape index (κ2) is 7.20. The first-order valence-corrected chi connectivity index (χ1v) is 9.51. The molecule has 1 N–H and O–H groups in total. The molecule has 0 saturated heterocycles. The molecule has 3 heterocycles. The van der Waals surface area contributed by atoms with Crippen LogP contribution >= 0.6 is 0 Å². The zero-order valence-electron chi connectivity index (χ0n) is 15.9. The van der Waals surface area contributed by atoms with Crippen LogP contribution in [0.4, 0.5) is 0 Å². The second-order valence-electron chi connectivity index (χ2n) is 6.98. The summed E-state index contributed by atoms with van der Waals surface area (Å²) in [6.45, 7) is 4.67. The van der Waals surface area contributed by atoms with Crippen LogP contribution in [-0.2, 0) is 22.7 Å². The van der Waals surface area contributed by atoms with Crippen molar-refractivity contribution in [3.8, 4) is 11.4 Å². The van der Waals surface area contributed by atoms with Gasteiger partial charge in [0.2, 0.25) is 0 Å². The molecule has 0 spiro atoms. The van der Waals surface area contributed by atoms with E-state index >= 15 is 0 Å². The van der Waals surface area contributed by atoms with Crippen molar-refractivity contribution in [3.63, 3.8) is 0 Å². The van der Waals surface area contributed by atoms with Gasteiger partial charge in [0.05, 0.1) is 36.0 Å². The second-order valence-corrected chi connectivity index (χ2v) is 6.98. The van der Waals surface area contributed by atoms with Gasteiger partial charge in [-0.1, -0.05) is 25.1 Å². The Kier molecular flexibility index (Phi) is 4.73. The fourth-order valence-electron chi connectivity index (χ4n) is 3.92. The molecular weight excluding hydrogens is 356 g/mol. The Balaban J connectivity index is 1.95. The average molecular weight is 378 g/mol. The quantitative estimate of drug-likeness (QED) is 0.555. The lowest BCUT2D eigenvalue weighted by Gasteiger charge is -2.17. The standard InChI is InChI=1S/C22H22N2O4/c1-3-15(22(26)27)16-10-19-20-14(9-13-7-5-6-8-18(13)23-20)11-24(19)21(25)17(16)12-28-4-2/h5-10,15H,3-4,11-12H2,1-2H3,(H,26,27). The molecule has 0 aliphatic carbocycles. The van der Waals surface area contributed by atoms with Crippen LogP contribution in [0.25, 0.3) is 22.3 Å². The Morgan fingerprint density at radius 3 is 2.79 bits per heavy atom. The molecule has 1 aromatic carbocycles. The van der Waals surface area contributed by atoms with Gasteiger partial charge in [-0.25, -0.2) is 4.98 Å². The van der Waals surface area contributed by atoms with E-state index in [0.717, 1.165) is 22.2 Å². The Labute approximate surface area is 162 Å². The van der Waals surface area contributed by atoms with Gasteiger partial charge >= 0.3 is 5.97 Å². The zero-order valence-corrected chi connectivity index (χ0v) is 15.9. The number of hydrogen-bond donors (Lipinski definition) is 1. The predicted molar refractivity (Wildman–Crippen MR) is 107 cm³/mol. The third kappa shape index (κ3) is 2.90. The van der Waals surface area contributed by atoms with Gasteiger partial charge in [-0.15, -0.1) is 0 Å². The van der Waals surface area contributed by atoms with Crippen LogP contribution in [0.5, 0.6) is 0 Å². The van der Waals surface area contributed by atoms with Gasteiger partial charge in [-0.2, -0.15) is 0 Å². The average Bonchev–Trinajstić information content (AvgIpc) is 3.04. The largest absolute Gasteiger partial charge is 0.481 e. The summed E-state index contributed by atoms with van der Waals surface area (Å²) in [5.41, 5.74) is 4.02. The van der Waals surface area contributed by atoms with Crippen molar-refractivity contribution >= 4 is 16.9 Å². The lowest BCUT2D eigenvalue weighted by Crippen LogP contribution is -2.27. The molecule has 1 aliphatic rings. The Morgan fingerprint density at radius 2 is 2.07 bits per heavy atom. The van der Waals surface area contributed by atoms with Gasteiger partial charge in [0.1, 0.15) is 0 Å². The minimum absolute atomic E-state index is 0.112. The molecule has 0 saturated carbocycles. The molecule has 1 atom stereocenters. The van der Waals surface area contributed by atoms with E-state index < -0.39 is 11.9 Å². The van der Waals surface area contributed by atoms with Crippen LogP contribution in [0.15, 0.2) is 41.2 Å². The SMILES string of the molecule is CCOCc1c(C(CC)C(=O)O)cc2n(c1=O)Cc1cc3ccccc3nc1-2. The van der Waals surface area contributed by atoms with Gasteiger partial charge in [-0.05, 0) is 37.1 Å². The maximum absolute atomic E-state index is 13.3. The topological polar surface area (TPSA) is 81.4 Å².